The van der Waals surface area contributed by atoms with E-state index < -0.39 is 0 Å². The van der Waals surface area contributed by atoms with Crippen molar-refractivity contribution in [3.63, 3.8) is 0 Å². The maximum absolute atomic E-state index is 7.74. The largest absolute Gasteiger partial charge is 0.492 e. The van der Waals surface area contributed by atoms with Gasteiger partial charge in [0.2, 0.25) is 0 Å². The normalized spacial score (nSPS) is 14.6. The van der Waals surface area contributed by atoms with E-state index in [1.54, 1.807) is 0 Å². The van der Waals surface area contributed by atoms with Gasteiger partial charge in [-0.1, -0.05) is 37.8 Å². The van der Waals surface area contributed by atoms with Crippen LogP contribution in [-0.2, 0) is 10.2 Å². The van der Waals surface area contributed by atoms with Crippen molar-refractivity contribution in [1.82, 2.24) is 15.0 Å². The lowest BCUT2D eigenvalue weighted by atomic mass is 9.93. The van der Waals surface area contributed by atoms with Gasteiger partial charge in [-0.15, -0.1) is 0 Å². The van der Waals surface area contributed by atoms with Crippen molar-refractivity contribution in [2.75, 3.05) is 44.8 Å². The monoisotopic (exact) mass is 501 g/mol. The van der Waals surface area contributed by atoms with E-state index in [0.29, 0.717) is 18.0 Å². The fourth-order valence-electron chi connectivity index (χ4n) is 3.76. The Bertz CT molecular complexity index is 1250. The van der Waals surface area contributed by atoms with Crippen LogP contribution in [0.4, 0.5) is 11.5 Å². The highest BCUT2D eigenvalue weighted by atomic mass is 16.5. The third-order valence-corrected chi connectivity index (χ3v) is 5.89. The molecule has 0 amide bonds. The average molecular weight is 502 g/mol. The SMILES string of the molecule is CC(C)(C)c1cc(Nc2ccc(C#C/C(C=N)=C/c3cc(OCCCN4CCOCC4)c[nH]3)cc2)no1. The minimum absolute atomic E-state index is 0.0929. The summed E-state index contributed by atoms with van der Waals surface area (Å²) in [6, 6.07) is 11.6. The number of nitrogens with one attached hydrogen (secondary N) is 3. The Balaban J connectivity index is 1.28. The first-order valence-electron chi connectivity index (χ1n) is 12.6. The molecule has 4 rings (SSSR count). The fraction of sp³-hybridized carbons (Fsp3) is 0.379. The molecule has 0 unspecified atom stereocenters. The summed E-state index contributed by atoms with van der Waals surface area (Å²) >= 11 is 0. The topological polar surface area (TPSA) is 99.4 Å². The molecule has 37 heavy (non-hydrogen) atoms. The van der Waals surface area contributed by atoms with Crippen LogP contribution in [0.1, 0.15) is 44.2 Å². The summed E-state index contributed by atoms with van der Waals surface area (Å²) in [7, 11) is 0. The molecule has 0 aliphatic carbocycles. The van der Waals surface area contributed by atoms with Crippen LogP contribution in [0, 0.1) is 17.3 Å². The summed E-state index contributed by atoms with van der Waals surface area (Å²) in [5, 5.41) is 15.1. The minimum atomic E-state index is -0.0929. The second-order valence-electron chi connectivity index (χ2n) is 9.97. The molecule has 1 aromatic carbocycles. The Hall–Kier alpha value is -3.80. The molecular weight excluding hydrogens is 466 g/mol. The van der Waals surface area contributed by atoms with E-state index in [1.807, 2.05) is 48.7 Å². The number of allylic oxidation sites excluding steroid dienone is 1. The standard InChI is InChI=1S/C29H35N5O3/c1-29(2,3)27-19-28(33-37-27)32-24-9-7-22(8-10-24)5-6-23(20-30)17-25-18-26(21-31-25)36-14-4-11-34-12-15-35-16-13-34/h7-10,17-21,30-31H,4,11-16H2,1-3H3,(H,32,33)/b23-17-,30-20?. The first kappa shape index (κ1) is 26.3. The Morgan fingerprint density at radius 2 is 2.00 bits per heavy atom. The lowest BCUT2D eigenvalue weighted by molar-refractivity contribution is 0.0358. The number of H-pyrrole nitrogens is 1. The summed E-state index contributed by atoms with van der Waals surface area (Å²) in [6.07, 6.45) is 5.90. The number of nitrogens with zero attached hydrogens (tertiary/aromatic N) is 2. The molecule has 1 saturated heterocycles. The Kier molecular flexibility index (Phi) is 8.83. The highest BCUT2D eigenvalue weighted by molar-refractivity contribution is 5.89. The third kappa shape index (κ3) is 8.10. The van der Waals surface area contributed by atoms with Crippen LogP contribution in [-0.4, -0.2) is 60.7 Å². The summed E-state index contributed by atoms with van der Waals surface area (Å²) in [4.78, 5) is 5.58. The van der Waals surface area contributed by atoms with Gasteiger partial charge in [-0.2, -0.15) is 0 Å². The van der Waals surface area contributed by atoms with Crippen LogP contribution >= 0.6 is 0 Å². The first-order chi connectivity index (χ1) is 17.9. The zero-order chi connectivity index (χ0) is 26.1. The van der Waals surface area contributed by atoms with Gasteiger partial charge in [0.1, 0.15) is 11.5 Å². The average Bonchev–Trinajstić information content (AvgIpc) is 3.55. The van der Waals surface area contributed by atoms with Crippen LogP contribution in [0.2, 0.25) is 0 Å². The van der Waals surface area contributed by atoms with E-state index in [0.717, 1.165) is 67.7 Å². The lowest BCUT2D eigenvalue weighted by Crippen LogP contribution is -2.37. The number of rotatable bonds is 9. The molecule has 0 bridgehead atoms. The van der Waals surface area contributed by atoms with E-state index in [9.17, 15) is 0 Å². The quantitative estimate of drug-likeness (QED) is 0.211. The van der Waals surface area contributed by atoms with E-state index in [2.05, 4.69) is 53.0 Å². The van der Waals surface area contributed by atoms with Crippen molar-refractivity contribution in [3.05, 3.63) is 65.2 Å². The Labute approximate surface area is 218 Å². The molecule has 2 aromatic heterocycles. The maximum atomic E-state index is 7.74. The molecule has 3 N–H and O–H groups in total. The Morgan fingerprint density at radius 1 is 1.22 bits per heavy atom. The number of aromatic amines is 1. The fourth-order valence-corrected chi connectivity index (χ4v) is 3.76. The predicted octanol–water partition coefficient (Wildman–Crippen LogP) is 5.23. The van der Waals surface area contributed by atoms with Crippen LogP contribution in [0.25, 0.3) is 6.08 Å². The summed E-state index contributed by atoms with van der Waals surface area (Å²) in [6.45, 7) is 11.5. The minimum Gasteiger partial charge on any atom is -0.492 e. The van der Waals surface area contributed by atoms with Gasteiger partial charge in [-0.3, -0.25) is 4.90 Å². The van der Waals surface area contributed by atoms with Crippen molar-refractivity contribution >= 4 is 23.8 Å². The van der Waals surface area contributed by atoms with E-state index in [-0.39, 0.29) is 5.41 Å². The molecule has 3 heterocycles. The number of benzene rings is 1. The van der Waals surface area contributed by atoms with Crippen LogP contribution in [0.3, 0.4) is 0 Å². The molecule has 1 aliphatic rings. The third-order valence-electron chi connectivity index (χ3n) is 5.89. The van der Waals surface area contributed by atoms with Gasteiger partial charge in [-0.05, 0) is 36.8 Å². The summed E-state index contributed by atoms with van der Waals surface area (Å²) in [5.74, 6) is 8.47. The number of ether oxygens (including phenoxy) is 2. The smallest absolute Gasteiger partial charge is 0.174 e. The van der Waals surface area contributed by atoms with Crippen molar-refractivity contribution in [1.29, 1.82) is 5.41 Å². The molecule has 0 saturated carbocycles. The summed E-state index contributed by atoms with van der Waals surface area (Å²) < 4.78 is 16.7. The second kappa shape index (κ2) is 12.4. The molecular formula is C29H35N5O3. The Morgan fingerprint density at radius 3 is 2.70 bits per heavy atom. The van der Waals surface area contributed by atoms with Gasteiger partial charge < -0.3 is 29.7 Å². The maximum Gasteiger partial charge on any atom is 0.174 e. The van der Waals surface area contributed by atoms with Crippen molar-refractivity contribution in [3.8, 4) is 17.6 Å². The zero-order valence-corrected chi connectivity index (χ0v) is 21.8. The highest BCUT2D eigenvalue weighted by Crippen LogP contribution is 2.26. The van der Waals surface area contributed by atoms with Gasteiger partial charge in [0.05, 0.1) is 19.8 Å². The molecule has 1 fully saturated rings. The van der Waals surface area contributed by atoms with Crippen LogP contribution in [0.5, 0.6) is 5.75 Å². The predicted molar refractivity (Wildman–Crippen MR) is 147 cm³/mol. The lowest BCUT2D eigenvalue weighted by Gasteiger charge is -2.26. The van der Waals surface area contributed by atoms with Gasteiger partial charge in [0.15, 0.2) is 5.82 Å². The van der Waals surface area contributed by atoms with Crippen molar-refractivity contribution in [2.24, 2.45) is 0 Å². The molecule has 3 aromatic rings. The second-order valence-corrected chi connectivity index (χ2v) is 9.97. The number of aromatic nitrogens is 2. The van der Waals surface area contributed by atoms with Gasteiger partial charge >= 0.3 is 0 Å². The number of morpholine rings is 1. The number of hydrogen-bond donors (Lipinski definition) is 3. The van der Waals surface area contributed by atoms with Crippen LogP contribution < -0.4 is 10.1 Å². The molecule has 0 atom stereocenters. The highest BCUT2D eigenvalue weighted by Gasteiger charge is 2.19. The number of anilines is 2. The van der Waals surface area contributed by atoms with Crippen molar-refractivity contribution in [2.45, 2.75) is 32.6 Å². The van der Waals surface area contributed by atoms with Gasteiger partial charge in [0.25, 0.3) is 0 Å². The number of hydrogen-bond acceptors (Lipinski definition) is 7. The molecule has 1 aliphatic heterocycles. The first-order valence-corrected chi connectivity index (χ1v) is 12.6. The molecule has 194 valence electrons. The molecule has 8 heteroatoms. The van der Waals surface area contributed by atoms with Crippen molar-refractivity contribution < 1.29 is 14.0 Å². The summed E-state index contributed by atoms with van der Waals surface area (Å²) in [5.41, 5.74) is 3.10. The molecule has 0 spiro atoms. The van der Waals surface area contributed by atoms with Gasteiger partial charge in [0, 0.05) is 72.1 Å². The van der Waals surface area contributed by atoms with E-state index in [1.165, 1.54) is 6.21 Å². The van der Waals surface area contributed by atoms with E-state index >= 15 is 0 Å². The zero-order valence-electron chi connectivity index (χ0n) is 21.8. The van der Waals surface area contributed by atoms with E-state index in [4.69, 9.17) is 19.4 Å². The van der Waals surface area contributed by atoms with Crippen LogP contribution in [0.15, 0.2) is 52.7 Å². The van der Waals surface area contributed by atoms with Gasteiger partial charge in [-0.25, -0.2) is 0 Å². The molecule has 0 radical (unpaired) electrons. The molecule has 8 nitrogen and oxygen atoms in total.